The summed E-state index contributed by atoms with van der Waals surface area (Å²) < 4.78 is 43.2. The van der Waals surface area contributed by atoms with E-state index in [9.17, 15) is 13.2 Å². The second-order valence-electron chi connectivity index (χ2n) is 9.82. The Bertz CT molecular complexity index is 1440. The summed E-state index contributed by atoms with van der Waals surface area (Å²) in [5.41, 5.74) is 3.46. The van der Waals surface area contributed by atoms with Crippen LogP contribution in [0.3, 0.4) is 0 Å². The molecule has 0 aliphatic rings. The molecular formula is C32H32F3N5S. The third-order valence-electron chi connectivity index (χ3n) is 6.83. The fraction of sp³-hybridized carbons (Fsp3) is 0.281. The van der Waals surface area contributed by atoms with Crippen molar-refractivity contribution in [3.63, 3.8) is 0 Å². The van der Waals surface area contributed by atoms with Gasteiger partial charge in [0, 0.05) is 38.1 Å². The lowest BCUT2D eigenvalue weighted by molar-refractivity contribution is -0.138. The maximum Gasteiger partial charge on any atom is 0.416 e. The van der Waals surface area contributed by atoms with Gasteiger partial charge in [-0.1, -0.05) is 60.7 Å². The number of nitrogens with zero attached hydrogens (tertiary/aromatic N) is 4. The van der Waals surface area contributed by atoms with E-state index in [2.05, 4.69) is 28.5 Å². The van der Waals surface area contributed by atoms with Gasteiger partial charge < -0.3 is 14.8 Å². The zero-order valence-corrected chi connectivity index (χ0v) is 23.5. The lowest BCUT2D eigenvalue weighted by atomic mass is 10.1. The Kier molecular flexibility index (Phi) is 10.5. The number of nitriles is 1. The van der Waals surface area contributed by atoms with Gasteiger partial charge in [-0.05, 0) is 72.8 Å². The number of aryl methyl sites for hydroxylation is 2. The van der Waals surface area contributed by atoms with Gasteiger partial charge in [-0.3, -0.25) is 0 Å². The molecule has 9 heteroatoms. The Hall–Kier alpha value is -4.16. The number of benzene rings is 3. The summed E-state index contributed by atoms with van der Waals surface area (Å²) in [7, 11) is 0. The molecule has 4 aromatic rings. The molecule has 1 aromatic heterocycles. The summed E-state index contributed by atoms with van der Waals surface area (Å²) in [5, 5.41) is 12.7. The fourth-order valence-corrected chi connectivity index (χ4v) is 4.93. The summed E-state index contributed by atoms with van der Waals surface area (Å²) in [4.78, 5) is 6.12. The van der Waals surface area contributed by atoms with Crippen LogP contribution in [0.4, 0.5) is 13.2 Å². The average molecular weight is 576 g/mol. The highest BCUT2D eigenvalue weighted by atomic mass is 32.1. The van der Waals surface area contributed by atoms with E-state index in [1.165, 1.54) is 17.7 Å². The molecule has 1 N–H and O–H groups in total. The van der Waals surface area contributed by atoms with Gasteiger partial charge in [0.2, 0.25) is 0 Å². The van der Waals surface area contributed by atoms with E-state index in [0.29, 0.717) is 43.2 Å². The molecule has 212 valence electrons. The Balaban J connectivity index is 1.39. The standard InChI is InChI=1S/C32H32F3N5S/c33-32(34,35)30-13-5-4-11-28(30)23-39(31(41)38-18-6-10-25-8-2-1-3-9-25)19-7-12-29-21-37-24-40(29)22-27-16-14-26(20-36)15-17-27/h1-5,8-9,11,13-17,21,24H,6-7,10,12,18-19,22-23H2,(H,38,41). The molecule has 0 aliphatic carbocycles. The number of imidazole rings is 1. The first-order valence-corrected chi connectivity index (χ1v) is 13.9. The largest absolute Gasteiger partial charge is 0.416 e. The topological polar surface area (TPSA) is 56.9 Å². The number of halogens is 3. The molecule has 0 saturated heterocycles. The van der Waals surface area contributed by atoms with E-state index in [1.54, 1.807) is 24.5 Å². The molecule has 3 aromatic carbocycles. The molecule has 0 spiro atoms. The first-order valence-electron chi connectivity index (χ1n) is 13.5. The minimum absolute atomic E-state index is 0.0602. The number of rotatable bonds is 12. The highest BCUT2D eigenvalue weighted by Gasteiger charge is 2.33. The van der Waals surface area contributed by atoms with Crippen LogP contribution in [0.2, 0.25) is 0 Å². The molecule has 0 aliphatic heterocycles. The molecule has 4 rings (SSSR count). The van der Waals surface area contributed by atoms with Gasteiger partial charge in [-0.15, -0.1) is 0 Å². The van der Waals surface area contributed by atoms with Crippen molar-refractivity contribution < 1.29 is 13.2 Å². The Labute approximate surface area is 244 Å². The van der Waals surface area contributed by atoms with Crippen molar-refractivity contribution in [3.05, 3.63) is 125 Å². The molecule has 41 heavy (non-hydrogen) atoms. The zero-order valence-electron chi connectivity index (χ0n) is 22.6. The summed E-state index contributed by atoms with van der Waals surface area (Å²) in [6.45, 7) is 1.79. The molecule has 0 atom stereocenters. The van der Waals surface area contributed by atoms with Crippen LogP contribution in [-0.2, 0) is 32.1 Å². The summed E-state index contributed by atoms with van der Waals surface area (Å²) in [5.74, 6) is 0. The predicted molar refractivity (Wildman–Crippen MR) is 158 cm³/mol. The third kappa shape index (κ3) is 8.92. The van der Waals surface area contributed by atoms with Crippen LogP contribution >= 0.6 is 12.2 Å². The molecule has 5 nitrogen and oxygen atoms in total. The Morgan fingerprint density at radius 2 is 1.66 bits per heavy atom. The molecule has 0 saturated carbocycles. The smallest absolute Gasteiger partial charge is 0.363 e. The second-order valence-corrected chi connectivity index (χ2v) is 10.2. The van der Waals surface area contributed by atoms with Crippen molar-refractivity contribution >= 4 is 17.3 Å². The van der Waals surface area contributed by atoms with Gasteiger partial charge in [0.15, 0.2) is 5.11 Å². The van der Waals surface area contributed by atoms with Crippen molar-refractivity contribution in [1.82, 2.24) is 19.8 Å². The normalized spacial score (nSPS) is 11.2. The van der Waals surface area contributed by atoms with Gasteiger partial charge in [-0.2, -0.15) is 18.4 Å². The molecule has 1 heterocycles. The van der Waals surface area contributed by atoms with Crippen LogP contribution in [0.15, 0.2) is 91.4 Å². The average Bonchev–Trinajstić information content (AvgIpc) is 3.42. The van der Waals surface area contributed by atoms with Gasteiger partial charge >= 0.3 is 6.18 Å². The van der Waals surface area contributed by atoms with Gasteiger partial charge in [0.1, 0.15) is 0 Å². The van der Waals surface area contributed by atoms with E-state index in [0.717, 1.165) is 30.2 Å². The predicted octanol–water partition coefficient (Wildman–Crippen LogP) is 6.76. The van der Waals surface area contributed by atoms with E-state index >= 15 is 0 Å². The SMILES string of the molecule is N#Cc1ccc(Cn2cncc2CCCN(Cc2ccccc2C(F)(F)F)C(=S)NCCCc2ccccc2)cc1. The summed E-state index contributed by atoms with van der Waals surface area (Å²) in [6, 6.07) is 25.3. The highest BCUT2D eigenvalue weighted by Crippen LogP contribution is 2.32. The highest BCUT2D eigenvalue weighted by molar-refractivity contribution is 7.80. The lowest BCUT2D eigenvalue weighted by Crippen LogP contribution is -2.40. The first kappa shape index (κ1) is 29.8. The van der Waals surface area contributed by atoms with Crippen molar-refractivity contribution in [1.29, 1.82) is 5.26 Å². The molecule has 0 radical (unpaired) electrons. The van der Waals surface area contributed by atoms with Gasteiger partial charge in [-0.25, -0.2) is 4.98 Å². The van der Waals surface area contributed by atoms with Crippen molar-refractivity contribution in [2.75, 3.05) is 13.1 Å². The van der Waals surface area contributed by atoms with Crippen LogP contribution in [0.5, 0.6) is 0 Å². The summed E-state index contributed by atoms with van der Waals surface area (Å²) in [6.07, 6.45) is 2.24. The van der Waals surface area contributed by atoms with E-state index < -0.39 is 11.7 Å². The van der Waals surface area contributed by atoms with E-state index in [-0.39, 0.29) is 12.1 Å². The Morgan fingerprint density at radius 3 is 2.39 bits per heavy atom. The number of alkyl halides is 3. The number of hydrogen-bond donors (Lipinski definition) is 1. The zero-order chi connectivity index (χ0) is 29.1. The third-order valence-corrected chi connectivity index (χ3v) is 7.23. The van der Waals surface area contributed by atoms with Gasteiger partial charge in [0.25, 0.3) is 0 Å². The van der Waals surface area contributed by atoms with E-state index in [1.807, 2.05) is 46.0 Å². The van der Waals surface area contributed by atoms with Crippen LogP contribution in [0.25, 0.3) is 0 Å². The maximum atomic E-state index is 13.7. The Morgan fingerprint density at radius 1 is 0.927 bits per heavy atom. The van der Waals surface area contributed by atoms with Crippen molar-refractivity contribution in [2.45, 2.75) is 44.9 Å². The van der Waals surface area contributed by atoms with Gasteiger partial charge in [0.05, 0.1) is 23.5 Å². The molecule has 0 bridgehead atoms. The van der Waals surface area contributed by atoms with Crippen molar-refractivity contribution in [2.24, 2.45) is 0 Å². The minimum Gasteiger partial charge on any atom is -0.363 e. The van der Waals surface area contributed by atoms with Crippen LogP contribution in [0, 0.1) is 11.3 Å². The number of nitrogens with one attached hydrogen (secondary N) is 1. The van der Waals surface area contributed by atoms with Crippen LogP contribution < -0.4 is 5.32 Å². The van der Waals surface area contributed by atoms with Crippen LogP contribution in [-0.4, -0.2) is 32.7 Å². The van der Waals surface area contributed by atoms with Crippen LogP contribution in [0.1, 0.15) is 46.4 Å². The number of hydrogen-bond acceptors (Lipinski definition) is 3. The molecular weight excluding hydrogens is 543 g/mol. The monoisotopic (exact) mass is 575 g/mol. The van der Waals surface area contributed by atoms with E-state index in [4.69, 9.17) is 17.5 Å². The second kappa shape index (κ2) is 14.5. The number of aromatic nitrogens is 2. The maximum absolute atomic E-state index is 13.7. The lowest BCUT2D eigenvalue weighted by Gasteiger charge is -2.27. The minimum atomic E-state index is -4.44. The quantitative estimate of drug-likeness (QED) is 0.149. The molecule has 0 unspecified atom stereocenters. The van der Waals surface area contributed by atoms with Crippen molar-refractivity contribution in [3.8, 4) is 6.07 Å². The fourth-order valence-electron chi connectivity index (χ4n) is 4.67. The first-order chi connectivity index (χ1) is 19.8. The molecule has 0 amide bonds. The summed E-state index contributed by atoms with van der Waals surface area (Å²) >= 11 is 5.68. The molecule has 0 fully saturated rings. The number of thiocarbonyl (C=S) groups is 1.